The zero-order chi connectivity index (χ0) is 77.5. The van der Waals surface area contributed by atoms with E-state index in [9.17, 15) is 25.5 Å². The maximum atomic E-state index is 10.3. The molecule has 0 saturated carbocycles. The van der Waals surface area contributed by atoms with Gasteiger partial charge in [0.15, 0.2) is 23.0 Å². The number of rotatable bonds is 14. The Labute approximate surface area is 704 Å². The molecule has 0 fully saturated rings. The second-order valence-corrected chi connectivity index (χ2v) is 39.4. The zero-order valence-electron chi connectivity index (χ0n) is 56.8. The van der Waals surface area contributed by atoms with Crippen LogP contribution in [0.1, 0.15) is 33.4 Å². The van der Waals surface area contributed by atoms with E-state index in [0.717, 1.165) is 50.3 Å². The number of hydrogen-bond donors (Lipinski definition) is 5. The van der Waals surface area contributed by atoms with Crippen LogP contribution < -0.4 is 14.7 Å². The van der Waals surface area contributed by atoms with E-state index in [2.05, 4.69) is 44.6 Å². The number of ether oxygens (including phenoxy) is 2. The molecular formula is C76H70Cl11N5O7SiTi5. The molecule has 11 aromatic carbocycles. The second-order valence-electron chi connectivity index (χ2n) is 21.1. The van der Waals surface area contributed by atoms with E-state index in [1.54, 1.807) is 79.6 Å². The van der Waals surface area contributed by atoms with Gasteiger partial charge in [-0.05, 0) is 145 Å². The Morgan fingerprint density at radius 2 is 0.610 bits per heavy atom. The molecule has 5 N–H and O–H groups in total. The zero-order valence-corrected chi connectivity index (χ0v) is 73.9. The molecule has 12 nitrogen and oxygen atoms in total. The van der Waals surface area contributed by atoms with Crippen LogP contribution in [0, 0.1) is 6.92 Å². The molecule has 0 amide bonds. The quantitative estimate of drug-likeness (QED) is 0.0530. The summed E-state index contributed by atoms with van der Waals surface area (Å²) in [4.78, 5) is 21.5. The van der Waals surface area contributed by atoms with E-state index in [0.29, 0.717) is 44.7 Å². The van der Waals surface area contributed by atoms with E-state index < -0.39 is 93.2 Å². The number of halogens is 11. The third kappa shape index (κ3) is 42.2. The normalized spacial score (nSPS) is 10.1. The molecular weight excluding hydrogens is 1750 g/mol. The Balaban J connectivity index is 0.000000426. The first-order valence-corrected chi connectivity index (χ1v) is 55.9. The molecule has 29 heteroatoms. The van der Waals surface area contributed by atoms with Gasteiger partial charge in [-0.2, -0.15) is 0 Å². The van der Waals surface area contributed by atoms with Crippen molar-refractivity contribution >= 4 is 177 Å². The van der Waals surface area contributed by atoms with Crippen LogP contribution in [0.3, 0.4) is 0 Å². The van der Waals surface area contributed by atoms with Gasteiger partial charge in [-0.15, -0.1) is 0 Å². The summed E-state index contributed by atoms with van der Waals surface area (Å²) in [6, 6.07) is 84.6. The van der Waals surface area contributed by atoms with Crippen molar-refractivity contribution in [3.8, 4) is 46.0 Å². The number of aromatic hydroxyl groups is 5. The van der Waals surface area contributed by atoms with Crippen LogP contribution in [0.25, 0.3) is 0 Å². The van der Waals surface area contributed by atoms with Gasteiger partial charge in [0.1, 0.15) is 23.0 Å². The van der Waals surface area contributed by atoms with Crippen molar-refractivity contribution in [2.24, 2.45) is 25.0 Å². The van der Waals surface area contributed by atoms with E-state index in [1.807, 2.05) is 231 Å². The molecule has 0 aromatic heterocycles. The summed E-state index contributed by atoms with van der Waals surface area (Å²) >= 11 is 3.01. The molecule has 0 aliphatic heterocycles. The number of nitrogens with zero attached hydrogens (tertiary/aromatic N) is 5. The molecule has 0 heterocycles. The fourth-order valence-electron chi connectivity index (χ4n) is 8.11. The molecule has 0 spiro atoms. The third-order valence-electron chi connectivity index (χ3n) is 12.9. The van der Waals surface area contributed by atoms with Gasteiger partial charge in [0.2, 0.25) is 0 Å². The van der Waals surface area contributed by atoms with Gasteiger partial charge in [0.05, 0.1) is 48.6 Å². The Hall–Kier alpha value is -4.65. The monoisotopic (exact) mass is 1820 g/mol. The molecule has 0 saturated heterocycles. The summed E-state index contributed by atoms with van der Waals surface area (Å²) < 4.78 is 10.7. The summed E-state index contributed by atoms with van der Waals surface area (Å²) in [7, 11) is 48.9. The van der Waals surface area contributed by atoms with E-state index >= 15 is 0 Å². The van der Waals surface area contributed by atoms with Crippen molar-refractivity contribution in [3.05, 3.63) is 311 Å². The van der Waals surface area contributed by atoms with Gasteiger partial charge >= 0.3 is 178 Å². The summed E-state index contributed by atoms with van der Waals surface area (Å²) in [5.41, 5.74) is 8.67. The first-order chi connectivity index (χ1) is 50.7. The number of hydrogen-bond acceptors (Lipinski definition) is 12. The van der Waals surface area contributed by atoms with Crippen LogP contribution in [0.2, 0.25) is 24.7 Å². The van der Waals surface area contributed by atoms with Crippen LogP contribution in [-0.4, -0.2) is 71.8 Å². The predicted octanol–water partition coefficient (Wildman–Crippen LogP) is 25.9. The van der Waals surface area contributed by atoms with Crippen LogP contribution in [0.5, 0.6) is 46.0 Å². The fraction of sp³-hybridized carbons (Fsp3) is 0.0658. The number of phenols is 5. The molecule has 11 rings (SSSR count). The SMILES string of the molecule is COc1cccc(C=Nc2ccccc2)c1O.C[Si](C)(C)c1cccc(C=Nc2ccccc2)c1O.Cc1ccc(C=Nc2ccccc2)c(O)c1.Oc1c(C=Nc2ccccc2)cccc1Oc1ccccc1.Oc1c(Cl)cccc1C=Nc1ccccc1.[Cl][Ti][Cl].[Cl][Ti][Cl].[Cl][Ti][Cl].[Cl][Ti][Cl].[Cl][Ti][Cl]. The van der Waals surface area contributed by atoms with Gasteiger partial charge in [-0.3, -0.25) is 25.0 Å². The summed E-state index contributed by atoms with van der Waals surface area (Å²) in [6.45, 7) is 8.61. The van der Waals surface area contributed by atoms with Crippen LogP contribution in [-0.2, 0) is 85.2 Å². The van der Waals surface area contributed by atoms with Crippen LogP contribution in [0.4, 0.5) is 28.4 Å². The Kier molecular flexibility index (Phi) is 55.3. The minimum atomic E-state index is -1.53. The standard InChI is InChI=1S/C19H15NO2.C16H19NOSi.C14H13NO2.C14H13NO.C13H10ClNO.10ClH.5Ti/c21-19-15(14-20-16-9-3-1-4-10-16)8-7-13-18(19)22-17-11-5-2-6-12-17;1-19(2,3)15-11-7-8-13(16(15)18)12-17-14-9-5-4-6-10-14;1-17-13-9-5-6-11(14(13)16)10-15-12-7-3-2-4-8-12;1-11-7-8-12(14(16)9-11)10-15-13-5-3-2-4-6-13;14-12-8-4-5-10(13(12)16)9-15-11-6-2-1-3-7-11;;;;;;;;;;;;;;;/h1-14,21H;4-12,18H,1-3H3;2-10,16H,1H3;2-10,16H,1H3;1-9,16H;10*1H;;;;;/q;;;;;;;;;;;;;;;5*+2/p-10. The third-order valence-corrected chi connectivity index (χ3v) is 15.2. The Bertz CT molecular complexity index is 4290. The van der Waals surface area contributed by atoms with Crippen LogP contribution in [0.15, 0.2) is 298 Å². The van der Waals surface area contributed by atoms with Gasteiger partial charge in [-0.1, -0.05) is 177 Å². The number of benzene rings is 11. The van der Waals surface area contributed by atoms with E-state index in [4.69, 9.17) is 114 Å². The van der Waals surface area contributed by atoms with Gasteiger partial charge in [-0.25, -0.2) is 0 Å². The molecule has 0 aliphatic carbocycles. The van der Waals surface area contributed by atoms with E-state index in [-0.39, 0.29) is 23.0 Å². The molecule has 0 radical (unpaired) electrons. The average molecular weight is 1820 g/mol. The number of aryl methyl sites for hydroxylation is 1. The Morgan fingerprint density at radius 3 is 0.943 bits per heavy atom. The molecule has 0 atom stereocenters. The van der Waals surface area contributed by atoms with Crippen molar-refractivity contribution in [2.45, 2.75) is 26.6 Å². The number of methoxy groups -OCH3 is 1. The van der Waals surface area contributed by atoms with Crippen molar-refractivity contribution in [3.63, 3.8) is 0 Å². The summed E-state index contributed by atoms with van der Waals surface area (Å²) in [5.74, 6) is 2.41. The maximum absolute atomic E-state index is 10.3. The number of phenolic OH excluding ortho intramolecular Hbond substituents is 5. The topological polar surface area (TPSA) is 181 Å². The molecule has 0 unspecified atom stereocenters. The predicted molar refractivity (Wildman–Crippen MR) is 433 cm³/mol. The first-order valence-electron chi connectivity index (χ1n) is 30.5. The number of aliphatic imine (C=N–C) groups is 5. The summed E-state index contributed by atoms with van der Waals surface area (Å²) in [5, 5.41) is 51.2. The molecule has 0 aliphatic rings. The first kappa shape index (κ1) is 96.4. The van der Waals surface area contributed by atoms with Gasteiger partial charge < -0.3 is 35.0 Å². The van der Waals surface area contributed by atoms with Gasteiger partial charge in [0.25, 0.3) is 0 Å². The molecule has 542 valence electrons. The van der Waals surface area contributed by atoms with Crippen molar-refractivity contribution in [2.75, 3.05) is 7.11 Å². The second kappa shape index (κ2) is 60.2. The number of para-hydroxylation sites is 10. The van der Waals surface area contributed by atoms with Crippen molar-refractivity contribution in [1.82, 2.24) is 0 Å². The summed E-state index contributed by atoms with van der Waals surface area (Å²) in [6.07, 6.45) is 8.24. The molecule has 11 aromatic rings. The molecule has 105 heavy (non-hydrogen) atoms. The fourth-order valence-corrected chi connectivity index (χ4v) is 9.74. The van der Waals surface area contributed by atoms with E-state index in [1.165, 1.54) is 7.11 Å². The Morgan fingerprint density at radius 1 is 0.324 bits per heavy atom. The van der Waals surface area contributed by atoms with Crippen LogP contribution >= 0.6 is 105 Å². The minimum absolute atomic E-state index is 0.0591. The average Bonchev–Trinajstić information content (AvgIpc) is 0.826. The van der Waals surface area contributed by atoms with Crippen molar-refractivity contribution in [1.29, 1.82) is 0 Å². The molecule has 0 bridgehead atoms. The van der Waals surface area contributed by atoms with Crippen molar-refractivity contribution < 1.29 is 120 Å². The van der Waals surface area contributed by atoms with Gasteiger partial charge in [0, 0.05) is 58.9 Å².